The summed E-state index contributed by atoms with van der Waals surface area (Å²) in [4.78, 5) is 12.2. The molecule has 31 heavy (non-hydrogen) atoms. The summed E-state index contributed by atoms with van der Waals surface area (Å²) >= 11 is -0.00125. The van der Waals surface area contributed by atoms with Gasteiger partial charge >= 0.3 is 187 Å². The van der Waals surface area contributed by atoms with Crippen molar-refractivity contribution in [1.29, 1.82) is 0 Å². The number of fused-ring (bicyclic) bond motifs is 1. The molecule has 0 spiro atoms. The van der Waals surface area contributed by atoms with Crippen LogP contribution in [0.2, 0.25) is 0 Å². The third-order valence-corrected chi connectivity index (χ3v) is 6.65. The second-order valence-electron chi connectivity index (χ2n) is 6.64. The van der Waals surface area contributed by atoms with E-state index in [2.05, 4.69) is 40.4 Å². The van der Waals surface area contributed by atoms with Gasteiger partial charge in [0, 0.05) is 0 Å². The molecule has 6 nitrogen and oxygen atoms in total. The second-order valence-corrected chi connectivity index (χ2v) is 8.44. The number of rotatable bonds is 7. The molecule has 0 aliphatic rings. The molecule has 0 aliphatic heterocycles. The molecule has 0 bridgehead atoms. The van der Waals surface area contributed by atoms with Gasteiger partial charge in [-0.05, 0) is 0 Å². The molecule has 0 N–H and O–H groups in total. The summed E-state index contributed by atoms with van der Waals surface area (Å²) in [7, 11) is 6.28. The zero-order chi connectivity index (χ0) is 21.8. The monoisotopic (exact) mass is 482 g/mol. The number of nitrogens with zero attached hydrogens (tertiary/aromatic N) is 2. The van der Waals surface area contributed by atoms with E-state index in [-0.39, 0.29) is 14.5 Å². The standard InChI is InChI=1S/C24H22N2O4Se/c1-27-20-12-18(13-21(28-2)23(20)29-3)22(26-30-4)24-25-19(14-31-24)17-10-9-15-7-5-6-8-16(15)11-17/h5-14H,1-4H3/b26-22-. The Hall–Kier alpha value is -3.28. The van der Waals surface area contributed by atoms with Crippen LogP contribution in [0.1, 0.15) is 10.1 Å². The summed E-state index contributed by atoms with van der Waals surface area (Å²) in [5.41, 5.74) is 3.45. The molecule has 0 atom stereocenters. The molecule has 4 aromatic rings. The minimum absolute atomic E-state index is 0.00125. The quantitative estimate of drug-likeness (QED) is 0.223. The van der Waals surface area contributed by atoms with E-state index in [0.717, 1.165) is 21.4 Å². The minimum atomic E-state index is -0.00125. The maximum atomic E-state index is 5.49. The van der Waals surface area contributed by atoms with Crippen LogP contribution in [0.3, 0.4) is 0 Å². The molecular weight excluding hydrogens is 459 g/mol. The molecule has 7 heteroatoms. The van der Waals surface area contributed by atoms with Crippen molar-refractivity contribution < 1.29 is 19.0 Å². The zero-order valence-corrected chi connectivity index (χ0v) is 19.4. The first-order chi connectivity index (χ1) is 15.2. The summed E-state index contributed by atoms with van der Waals surface area (Å²) < 4.78 is 17.3. The van der Waals surface area contributed by atoms with Crippen LogP contribution in [0, 0.1) is 0 Å². The fourth-order valence-electron chi connectivity index (χ4n) is 3.39. The van der Waals surface area contributed by atoms with Gasteiger partial charge in [-0.15, -0.1) is 0 Å². The third kappa shape index (κ3) is 4.15. The molecular formula is C24H22N2O4Se. The van der Waals surface area contributed by atoms with Gasteiger partial charge in [-0.2, -0.15) is 0 Å². The maximum absolute atomic E-state index is 5.49. The van der Waals surface area contributed by atoms with Crippen LogP contribution in [-0.2, 0) is 4.84 Å². The van der Waals surface area contributed by atoms with E-state index in [1.807, 2.05) is 24.3 Å². The van der Waals surface area contributed by atoms with E-state index in [9.17, 15) is 0 Å². The number of ether oxygens (including phenoxy) is 3. The van der Waals surface area contributed by atoms with Crippen molar-refractivity contribution in [2.75, 3.05) is 28.4 Å². The summed E-state index contributed by atoms with van der Waals surface area (Å²) in [6, 6.07) is 18.4. The molecule has 0 aliphatic carbocycles. The first-order valence-corrected chi connectivity index (χ1v) is 11.4. The van der Waals surface area contributed by atoms with Gasteiger partial charge < -0.3 is 0 Å². The number of aromatic nitrogens is 1. The molecule has 1 heterocycles. The number of benzene rings is 3. The molecule has 0 amide bonds. The van der Waals surface area contributed by atoms with Crippen molar-refractivity contribution in [2.24, 2.45) is 5.16 Å². The van der Waals surface area contributed by atoms with Gasteiger partial charge in [-0.25, -0.2) is 0 Å². The van der Waals surface area contributed by atoms with Gasteiger partial charge in [-0.3, -0.25) is 0 Å². The van der Waals surface area contributed by atoms with E-state index < -0.39 is 0 Å². The number of hydrogen-bond acceptors (Lipinski definition) is 6. The molecule has 0 saturated heterocycles. The van der Waals surface area contributed by atoms with Gasteiger partial charge in [0.15, 0.2) is 0 Å². The molecule has 0 radical (unpaired) electrons. The molecule has 158 valence electrons. The fourth-order valence-corrected chi connectivity index (χ4v) is 5.13. The Bertz CT molecular complexity index is 1220. The van der Waals surface area contributed by atoms with Crippen LogP contribution in [-0.4, -0.2) is 53.6 Å². The molecule has 3 aromatic carbocycles. The summed E-state index contributed by atoms with van der Waals surface area (Å²) in [5.74, 6) is 1.63. The summed E-state index contributed by atoms with van der Waals surface area (Å²) in [6.45, 7) is 0. The first kappa shape index (κ1) is 21.0. The van der Waals surface area contributed by atoms with Crippen LogP contribution >= 0.6 is 0 Å². The number of methoxy groups -OCH3 is 3. The van der Waals surface area contributed by atoms with Crippen LogP contribution in [0.25, 0.3) is 22.0 Å². The summed E-state index contributed by atoms with van der Waals surface area (Å²) in [6.07, 6.45) is 0. The van der Waals surface area contributed by atoms with Crippen molar-refractivity contribution in [1.82, 2.24) is 4.98 Å². The Morgan fingerprint density at radius 1 is 0.839 bits per heavy atom. The molecule has 0 unspecified atom stereocenters. The van der Waals surface area contributed by atoms with Crippen molar-refractivity contribution >= 4 is 31.0 Å². The Morgan fingerprint density at radius 2 is 1.55 bits per heavy atom. The van der Waals surface area contributed by atoms with Crippen molar-refractivity contribution in [2.45, 2.75) is 0 Å². The average molecular weight is 481 g/mol. The Balaban J connectivity index is 1.77. The SMILES string of the molecule is CO/N=C(/c1cc(OC)c(OC)c(OC)c1)c1nc(-c2ccc3ccccc3c2)c[se]1. The van der Waals surface area contributed by atoms with Crippen LogP contribution in [0.5, 0.6) is 17.2 Å². The normalized spacial score (nSPS) is 11.4. The van der Waals surface area contributed by atoms with Gasteiger partial charge in [0.2, 0.25) is 0 Å². The molecule has 0 fully saturated rings. The van der Waals surface area contributed by atoms with E-state index in [1.165, 1.54) is 17.9 Å². The van der Waals surface area contributed by atoms with Gasteiger partial charge in [-0.1, -0.05) is 0 Å². The predicted octanol–water partition coefficient (Wildman–Crippen LogP) is 4.38. The number of oxime groups is 1. The van der Waals surface area contributed by atoms with E-state index in [1.54, 1.807) is 21.3 Å². The van der Waals surface area contributed by atoms with Gasteiger partial charge in [0.1, 0.15) is 0 Å². The predicted molar refractivity (Wildman–Crippen MR) is 123 cm³/mol. The number of hydrogen-bond donors (Lipinski definition) is 0. The Kier molecular flexibility index (Phi) is 6.26. The zero-order valence-electron chi connectivity index (χ0n) is 17.7. The molecule has 4 rings (SSSR count). The Morgan fingerprint density at radius 3 is 2.19 bits per heavy atom. The van der Waals surface area contributed by atoms with E-state index in [4.69, 9.17) is 24.0 Å². The molecule has 1 aromatic heterocycles. The third-order valence-electron chi connectivity index (χ3n) is 4.87. The van der Waals surface area contributed by atoms with Crippen molar-refractivity contribution in [3.63, 3.8) is 0 Å². The summed E-state index contributed by atoms with van der Waals surface area (Å²) in [5, 5.41) is 6.67. The second kappa shape index (κ2) is 9.25. The van der Waals surface area contributed by atoms with Crippen LogP contribution < -0.4 is 14.2 Å². The average Bonchev–Trinajstić information content (AvgIpc) is 3.31. The molecule has 0 saturated carbocycles. The topological polar surface area (TPSA) is 62.2 Å². The van der Waals surface area contributed by atoms with Crippen molar-refractivity contribution in [3.8, 4) is 28.5 Å². The van der Waals surface area contributed by atoms with Crippen LogP contribution in [0.15, 0.2) is 64.7 Å². The van der Waals surface area contributed by atoms with E-state index >= 15 is 0 Å². The van der Waals surface area contributed by atoms with Gasteiger partial charge in [0.25, 0.3) is 0 Å². The van der Waals surface area contributed by atoms with Crippen molar-refractivity contribution in [3.05, 3.63) is 69.7 Å². The van der Waals surface area contributed by atoms with E-state index in [0.29, 0.717) is 23.0 Å². The van der Waals surface area contributed by atoms with Crippen LogP contribution in [0.4, 0.5) is 0 Å². The Labute approximate surface area is 186 Å². The first-order valence-electron chi connectivity index (χ1n) is 9.55. The fraction of sp³-hybridized carbons (Fsp3) is 0.167. The van der Waals surface area contributed by atoms with Gasteiger partial charge in [0.05, 0.1) is 0 Å².